The Kier molecular flexibility index (Phi) is 5.95. The van der Waals surface area contributed by atoms with Crippen molar-refractivity contribution in [2.45, 2.75) is 23.8 Å². The van der Waals surface area contributed by atoms with Crippen LogP contribution in [0.1, 0.15) is 13.3 Å². The van der Waals surface area contributed by atoms with E-state index in [9.17, 15) is 18.3 Å². The predicted molar refractivity (Wildman–Crippen MR) is 82.0 cm³/mol. The Morgan fingerprint density at radius 1 is 1.43 bits per heavy atom. The quantitative estimate of drug-likeness (QED) is 0.743. The second kappa shape index (κ2) is 7.06. The molecule has 0 saturated heterocycles. The summed E-state index contributed by atoms with van der Waals surface area (Å²) in [6.07, 6.45) is 1.09. The van der Waals surface area contributed by atoms with Gasteiger partial charge in [0.2, 0.25) is 5.91 Å². The molecule has 1 aromatic rings. The standard InChI is InChI=1S/C14H18ClNO4S/c1-3-14(2,18)10-13(17)16-8-9-21(19,20)12-6-4-11(15)5-7-12/h3-7,18H,1,8-10H2,2H3,(H,16,17)/t14-/m1/s1. The number of nitrogens with one attached hydrogen (secondary N) is 1. The Hall–Kier alpha value is -1.37. The average molecular weight is 332 g/mol. The van der Waals surface area contributed by atoms with E-state index in [1.165, 1.54) is 37.3 Å². The number of hydrogen-bond donors (Lipinski definition) is 2. The van der Waals surface area contributed by atoms with Gasteiger partial charge in [-0.1, -0.05) is 17.7 Å². The molecule has 0 spiro atoms. The average Bonchev–Trinajstić information content (AvgIpc) is 2.38. The van der Waals surface area contributed by atoms with Gasteiger partial charge in [0.25, 0.3) is 0 Å². The third-order valence-electron chi connectivity index (χ3n) is 2.82. The molecule has 0 aliphatic carbocycles. The Morgan fingerprint density at radius 2 is 2.00 bits per heavy atom. The Bertz CT molecular complexity index is 608. The summed E-state index contributed by atoms with van der Waals surface area (Å²) < 4.78 is 24.0. The zero-order chi connectivity index (χ0) is 16.1. The van der Waals surface area contributed by atoms with Crippen molar-refractivity contribution in [2.24, 2.45) is 0 Å². The lowest BCUT2D eigenvalue weighted by molar-refractivity contribution is -0.124. The summed E-state index contributed by atoms with van der Waals surface area (Å²) in [5.74, 6) is -0.664. The van der Waals surface area contributed by atoms with Crippen molar-refractivity contribution < 1.29 is 18.3 Å². The third-order valence-corrected chi connectivity index (χ3v) is 4.81. The molecule has 1 rings (SSSR count). The molecule has 0 aliphatic heterocycles. The maximum absolute atomic E-state index is 12.0. The molecule has 0 fully saturated rings. The number of carbonyl (C=O) groups is 1. The van der Waals surface area contributed by atoms with Gasteiger partial charge in [0.1, 0.15) is 0 Å². The summed E-state index contributed by atoms with van der Waals surface area (Å²) >= 11 is 5.70. The molecular formula is C14H18ClNO4S. The Morgan fingerprint density at radius 3 is 2.52 bits per heavy atom. The van der Waals surface area contributed by atoms with Gasteiger partial charge >= 0.3 is 0 Å². The van der Waals surface area contributed by atoms with Crippen LogP contribution in [-0.4, -0.2) is 37.3 Å². The van der Waals surface area contributed by atoms with E-state index in [0.717, 1.165) is 0 Å². The first-order chi connectivity index (χ1) is 9.66. The first kappa shape index (κ1) is 17.7. The molecule has 5 nitrogen and oxygen atoms in total. The van der Waals surface area contributed by atoms with E-state index in [0.29, 0.717) is 5.02 Å². The van der Waals surface area contributed by atoms with Gasteiger partial charge in [0.15, 0.2) is 9.84 Å². The van der Waals surface area contributed by atoms with Crippen molar-refractivity contribution in [3.05, 3.63) is 41.9 Å². The summed E-state index contributed by atoms with van der Waals surface area (Å²) in [4.78, 5) is 11.7. The highest BCUT2D eigenvalue weighted by atomic mass is 35.5. The molecule has 21 heavy (non-hydrogen) atoms. The van der Waals surface area contributed by atoms with E-state index in [2.05, 4.69) is 11.9 Å². The van der Waals surface area contributed by atoms with E-state index >= 15 is 0 Å². The van der Waals surface area contributed by atoms with E-state index < -0.39 is 21.3 Å². The fourth-order valence-corrected chi connectivity index (χ4v) is 2.83. The molecule has 0 radical (unpaired) electrons. The maximum Gasteiger partial charge on any atom is 0.223 e. The minimum atomic E-state index is -3.48. The molecular weight excluding hydrogens is 314 g/mol. The van der Waals surface area contributed by atoms with Crippen LogP contribution in [0.5, 0.6) is 0 Å². The zero-order valence-electron chi connectivity index (χ0n) is 11.7. The fraction of sp³-hybridized carbons (Fsp3) is 0.357. The van der Waals surface area contributed by atoms with Crippen LogP contribution >= 0.6 is 11.6 Å². The number of amides is 1. The number of rotatable bonds is 7. The molecule has 2 N–H and O–H groups in total. The van der Waals surface area contributed by atoms with Crippen LogP contribution in [0.3, 0.4) is 0 Å². The highest BCUT2D eigenvalue weighted by Gasteiger charge is 2.21. The van der Waals surface area contributed by atoms with Gasteiger partial charge in [-0.25, -0.2) is 8.42 Å². The largest absolute Gasteiger partial charge is 0.386 e. The maximum atomic E-state index is 12.0. The van der Waals surface area contributed by atoms with Crippen molar-refractivity contribution in [1.82, 2.24) is 5.32 Å². The van der Waals surface area contributed by atoms with Crippen molar-refractivity contribution in [3.63, 3.8) is 0 Å². The number of sulfone groups is 1. The zero-order valence-corrected chi connectivity index (χ0v) is 13.2. The van der Waals surface area contributed by atoms with Crippen LogP contribution < -0.4 is 5.32 Å². The monoisotopic (exact) mass is 331 g/mol. The summed E-state index contributed by atoms with van der Waals surface area (Å²) in [6.45, 7) is 4.83. The normalized spacial score (nSPS) is 14.2. The molecule has 0 bridgehead atoms. The van der Waals surface area contributed by atoms with Gasteiger partial charge in [-0.05, 0) is 31.2 Å². The smallest absolute Gasteiger partial charge is 0.223 e. The molecule has 1 atom stereocenters. The Labute approximate surface area is 129 Å². The van der Waals surface area contributed by atoms with Crippen molar-refractivity contribution >= 4 is 27.3 Å². The molecule has 7 heteroatoms. The lowest BCUT2D eigenvalue weighted by Gasteiger charge is -2.17. The van der Waals surface area contributed by atoms with E-state index in [-0.39, 0.29) is 23.6 Å². The van der Waals surface area contributed by atoms with Crippen LogP contribution in [0.2, 0.25) is 5.02 Å². The van der Waals surface area contributed by atoms with Gasteiger partial charge in [-0.15, -0.1) is 6.58 Å². The van der Waals surface area contributed by atoms with Crippen molar-refractivity contribution in [1.29, 1.82) is 0 Å². The number of carbonyl (C=O) groups excluding carboxylic acids is 1. The molecule has 0 aliphatic rings. The van der Waals surface area contributed by atoms with Crippen LogP contribution in [0.4, 0.5) is 0 Å². The van der Waals surface area contributed by atoms with Gasteiger partial charge in [0, 0.05) is 11.6 Å². The number of halogens is 1. The summed E-state index contributed by atoms with van der Waals surface area (Å²) in [5.41, 5.74) is -1.31. The SMILES string of the molecule is C=C[C@@](C)(O)CC(=O)NCCS(=O)(=O)c1ccc(Cl)cc1. The van der Waals surface area contributed by atoms with Crippen LogP contribution in [-0.2, 0) is 14.6 Å². The highest BCUT2D eigenvalue weighted by molar-refractivity contribution is 7.91. The second-order valence-corrected chi connectivity index (χ2v) is 7.41. The minimum Gasteiger partial charge on any atom is -0.386 e. The molecule has 0 unspecified atom stereocenters. The van der Waals surface area contributed by atoms with E-state index in [1.807, 2.05) is 0 Å². The van der Waals surface area contributed by atoms with Gasteiger partial charge < -0.3 is 10.4 Å². The van der Waals surface area contributed by atoms with Crippen LogP contribution in [0.25, 0.3) is 0 Å². The van der Waals surface area contributed by atoms with Gasteiger partial charge in [-0.3, -0.25) is 4.79 Å². The molecule has 0 heterocycles. The minimum absolute atomic E-state index is 0.0307. The number of benzene rings is 1. The Balaban J connectivity index is 2.53. The first-order valence-electron chi connectivity index (χ1n) is 6.27. The highest BCUT2D eigenvalue weighted by Crippen LogP contribution is 2.15. The second-order valence-electron chi connectivity index (χ2n) is 4.86. The first-order valence-corrected chi connectivity index (χ1v) is 8.30. The molecule has 0 aromatic heterocycles. The molecule has 116 valence electrons. The van der Waals surface area contributed by atoms with Crippen molar-refractivity contribution in [3.8, 4) is 0 Å². The van der Waals surface area contributed by atoms with Gasteiger partial charge in [0.05, 0.1) is 22.7 Å². The summed E-state index contributed by atoms with van der Waals surface area (Å²) in [6, 6.07) is 5.83. The van der Waals surface area contributed by atoms with E-state index in [4.69, 9.17) is 11.6 Å². The lowest BCUT2D eigenvalue weighted by Crippen LogP contribution is -2.35. The molecule has 1 aromatic carbocycles. The molecule has 1 amide bonds. The summed E-state index contributed by atoms with van der Waals surface area (Å²) in [5, 5.41) is 12.6. The van der Waals surface area contributed by atoms with Crippen LogP contribution in [0, 0.1) is 0 Å². The van der Waals surface area contributed by atoms with E-state index in [1.54, 1.807) is 0 Å². The number of hydrogen-bond acceptors (Lipinski definition) is 4. The topological polar surface area (TPSA) is 83.5 Å². The lowest BCUT2D eigenvalue weighted by atomic mass is 10.0. The predicted octanol–water partition coefficient (Wildman–Crippen LogP) is 1.56. The number of aliphatic hydroxyl groups is 1. The fourth-order valence-electron chi connectivity index (χ4n) is 1.54. The van der Waals surface area contributed by atoms with Gasteiger partial charge in [-0.2, -0.15) is 0 Å². The van der Waals surface area contributed by atoms with Crippen molar-refractivity contribution in [2.75, 3.05) is 12.3 Å². The molecule has 0 saturated carbocycles. The summed E-state index contributed by atoms with van der Waals surface area (Å²) in [7, 11) is -3.48. The third kappa shape index (κ3) is 5.87. The van der Waals surface area contributed by atoms with Crippen LogP contribution in [0.15, 0.2) is 41.8 Å².